The van der Waals surface area contributed by atoms with Crippen molar-refractivity contribution in [2.24, 2.45) is 0 Å². The number of hydrogen-bond acceptors (Lipinski definition) is 9. The number of anilines is 1. The average molecular weight is 633 g/mol. The molecule has 0 spiro atoms. The van der Waals surface area contributed by atoms with Crippen LogP contribution in [-0.4, -0.2) is 54.1 Å². The Labute approximate surface area is 267 Å². The third-order valence-corrected chi connectivity index (χ3v) is 8.79. The third-order valence-electron chi connectivity index (χ3n) is 7.41. The van der Waals surface area contributed by atoms with Gasteiger partial charge in [-0.1, -0.05) is 49.1 Å². The van der Waals surface area contributed by atoms with Gasteiger partial charge in [0.05, 0.1) is 26.2 Å². The van der Waals surface area contributed by atoms with E-state index in [-0.39, 0.29) is 17.0 Å². The molecule has 0 atom stereocenters. The largest absolute Gasteiger partial charge is 0.497 e. The van der Waals surface area contributed by atoms with Gasteiger partial charge in [-0.2, -0.15) is 5.26 Å². The number of carbonyl (C=O) groups is 1. The maximum absolute atomic E-state index is 13.6. The Balaban J connectivity index is 1.64. The number of hydrogen-bond donors (Lipinski definition) is 1. The van der Waals surface area contributed by atoms with Crippen LogP contribution < -0.4 is 25.1 Å². The second-order valence-electron chi connectivity index (χ2n) is 10.1. The van der Waals surface area contributed by atoms with Gasteiger partial charge in [0, 0.05) is 25.2 Å². The Morgan fingerprint density at radius 1 is 0.977 bits per heavy atom. The molecule has 1 aliphatic rings. The fourth-order valence-electron chi connectivity index (χ4n) is 5.01. The van der Waals surface area contributed by atoms with Crippen LogP contribution in [0.5, 0.6) is 17.2 Å². The maximum atomic E-state index is 13.6. The van der Waals surface area contributed by atoms with Crippen LogP contribution in [0.15, 0.2) is 52.2 Å². The zero-order valence-electron chi connectivity index (χ0n) is 25.6. The smallest absolute Gasteiger partial charge is 0.270 e. The highest BCUT2D eigenvalue weighted by Crippen LogP contribution is 2.35. The van der Waals surface area contributed by atoms with E-state index >= 15 is 0 Å². The van der Waals surface area contributed by atoms with Crippen LogP contribution in [0, 0.1) is 18.3 Å². The second kappa shape index (κ2) is 14.9. The number of nitriles is 1. The Kier molecular flexibility index (Phi) is 11.1. The highest BCUT2D eigenvalue weighted by Gasteiger charge is 2.32. The van der Waals surface area contributed by atoms with Crippen LogP contribution in [-0.2, 0) is 24.2 Å². The number of nitrogens with one attached hydrogen (secondary N) is 1. The second-order valence-corrected chi connectivity index (χ2v) is 11.8. The van der Waals surface area contributed by atoms with Crippen molar-refractivity contribution in [1.82, 2.24) is 9.47 Å². The van der Waals surface area contributed by atoms with Gasteiger partial charge >= 0.3 is 0 Å². The number of amides is 1. The summed E-state index contributed by atoms with van der Waals surface area (Å²) in [7, 11) is 4.81. The first-order valence-corrected chi connectivity index (χ1v) is 15.5. The molecule has 0 bridgehead atoms. The van der Waals surface area contributed by atoms with Gasteiger partial charge in [0.1, 0.15) is 27.5 Å². The standard InChI is InChI=1S/C33H36N4O5S2/c1-6-16-36-30(35-15-13-23-9-12-27(41-4)28(18-23)42-5)25(21(2)26(20-34)31(36)38)19-29-32(39)37(33(43)44-29)17-14-22-7-10-24(40-3)11-8-22/h7-12,18-19,35H,6,13-17H2,1-5H3/b29-19+. The molecule has 1 saturated heterocycles. The summed E-state index contributed by atoms with van der Waals surface area (Å²) in [6.07, 6.45) is 3.70. The van der Waals surface area contributed by atoms with E-state index in [0.717, 1.165) is 16.9 Å². The highest BCUT2D eigenvalue weighted by atomic mass is 32.2. The number of pyridine rings is 1. The summed E-state index contributed by atoms with van der Waals surface area (Å²) in [6, 6.07) is 15.5. The molecule has 9 nitrogen and oxygen atoms in total. The Morgan fingerprint density at radius 2 is 1.68 bits per heavy atom. The van der Waals surface area contributed by atoms with Crippen LogP contribution in [0.4, 0.5) is 5.82 Å². The molecule has 1 amide bonds. The van der Waals surface area contributed by atoms with Gasteiger partial charge in [-0.3, -0.25) is 19.1 Å². The van der Waals surface area contributed by atoms with Crippen molar-refractivity contribution >= 4 is 46.1 Å². The number of carbonyl (C=O) groups excluding carboxylic acids is 1. The van der Waals surface area contributed by atoms with Gasteiger partial charge in [-0.05, 0) is 73.2 Å². The van der Waals surface area contributed by atoms with Crippen molar-refractivity contribution in [3.8, 4) is 23.3 Å². The number of aromatic nitrogens is 1. The van der Waals surface area contributed by atoms with Crippen LogP contribution >= 0.6 is 24.0 Å². The number of nitrogens with zero attached hydrogens (tertiary/aromatic N) is 3. The van der Waals surface area contributed by atoms with Gasteiger partial charge < -0.3 is 19.5 Å². The van der Waals surface area contributed by atoms with Crippen molar-refractivity contribution in [3.05, 3.63) is 85.5 Å². The van der Waals surface area contributed by atoms with Crippen molar-refractivity contribution < 1.29 is 19.0 Å². The molecule has 1 aliphatic heterocycles. The third kappa shape index (κ3) is 7.09. The van der Waals surface area contributed by atoms with Gasteiger partial charge in [-0.25, -0.2) is 0 Å². The first-order valence-electron chi connectivity index (χ1n) is 14.3. The summed E-state index contributed by atoms with van der Waals surface area (Å²) in [4.78, 5) is 29.0. The van der Waals surface area contributed by atoms with E-state index in [9.17, 15) is 14.9 Å². The van der Waals surface area contributed by atoms with E-state index < -0.39 is 0 Å². The van der Waals surface area contributed by atoms with E-state index in [1.54, 1.807) is 43.8 Å². The van der Waals surface area contributed by atoms with E-state index in [1.807, 2.05) is 49.4 Å². The predicted octanol–water partition coefficient (Wildman–Crippen LogP) is 5.56. The molecule has 0 unspecified atom stereocenters. The summed E-state index contributed by atoms with van der Waals surface area (Å²) in [5.74, 6) is 2.42. The van der Waals surface area contributed by atoms with E-state index in [0.29, 0.717) is 76.6 Å². The number of thiocarbonyl (C=S) groups is 1. The van der Waals surface area contributed by atoms with Gasteiger partial charge in [0.25, 0.3) is 11.5 Å². The molecule has 44 heavy (non-hydrogen) atoms. The van der Waals surface area contributed by atoms with E-state index in [2.05, 4.69) is 11.4 Å². The SMILES string of the molecule is CCCn1c(NCCc2ccc(OC)c(OC)c2)c(/C=C2/SC(=S)N(CCc3ccc(OC)cc3)C2=O)c(C)c(C#N)c1=O. The molecule has 0 aliphatic carbocycles. The number of benzene rings is 2. The molecule has 0 saturated carbocycles. The normalized spacial score (nSPS) is 13.7. The summed E-state index contributed by atoms with van der Waals surface area (Å²) in [5, 5.41) is 13.3. The molecule has 11 heteroatoms. The zero-order valence-corrected chi connectivity index (χ0v) is 27.2. The fourth-order valence-corrected chi connectivity index (χ4v) is 6.30. The van der Waals surface area contributed by atoms with Crippen molar-refractivity contribution in [2.45, 2.75) is 39.7 Å². The molecule has 2 aromatic carbocycles. The van der Waals surface area contributed by atoms with Crippen LogP contribution in [0.2, 0.25) is 0 Å². The van der Waals surface area contributed by atoms with Crippen LogP contribution in [0.1, 0.15) is 41.2 Å². The number of thioether (sulfide) groups is 1. The first kappa shape index (κ1) is 32.6. The lowest BCUT2D eigenvalue weighted by Gasteiger charge is -2.20. The van der Waals surface area contributed by atoms with Gasteiger partial charge in [0.15, 0.2) is 11.5 Å². The molecule has 2 heterocycles. The van der Waals surface area contributed by atoms with E-state index in [4.69, 9.17) is 26.4 Å². The predicted molar refractivity (Wildman–Crippen MR) is 179 cm³/mol. The minimum Gasteiger partial charge on any atom is -0.497 e. The molecule has 1 N–H and O–H groups in total. The lowest BCUT2D eigenvalue weighted by molar-refractivity contribution is -0.122. The van der Waals surface area contributed by atoms with Gasteiger partial charge in [0.2, 0.25) is 0 Å². The number of ether oxygens (including phenoxy) is 3. The Hall–Kier alpha value is -4.27. The molecule has 1 aromatic heterocycles. The molecular formula is C33H36N4O5S2. The van der Waals surface area contributed by atoms with Crippen molar-refractivity contribution in [2.75, 3.05) is 39.7 Å². The quantitative estimate of drug-likeness (QED) is 0.191. The fraction of sp³-hybridized carbons (Fsp3) is 0.333. The lowest BCUT2D eigenvalue weighted by atomic mass is 10.0. The minimum absolute atomic E-state index is 0.0603. The molecule has 0 radical (unpaired) electrons. The minimum atomic E-state index is -0.357. The Morgan fingerprint density at radius 3 is 2.32 bits per heavy atom. The lowest BCUT2D eigenvalue weighted by Crippen LogP contribution is -2.30. The summed E-state index contributed by atoms with van der Waals surface area (Å²) < 4.78 is 18.1. The summed E-state index contributed by atoms with van der Waals surface area (Å²) >= 11 is 6.82. The first-order chi connectivity index (χ1) is 21.3. The topological polar surface area (TPSA) is 106 Å². The molecular weight excluding hydrogens is 597 g/mol. The van der Waals surface area contributed by atoms with Gasteiger partial charge in [-0.15, -0.1) is 0 Å². The number of methoxy groups -OCH3 is 3. The van der Waals surface area contributed by atoms with Crippen molar-refractivity contribution in [3.63, 3.8) is 0 Å². The van der Waals surface area contributed by atoms with Crippen molar-refractivity contribution in [1.29, 1.82) is 5.26 Å². The molecule has 3 aromatic rings. The number of rotatable bonds is 13. The van der Waals surface area contributed by atoms with Crippen LogP contribution in [0.25, 0.3) is 6.08 Å². The molecule has 1 fully saturated rings. The highest BCUT2D eigenvalue weighted by molar-refractivity contribution is 8.26. The van der Waals surface area contributed by atoms with E-state index in [1.165, 1.54) is 11.8 Å². The Bertz CT molecular complexity index is 1680. The zero-order chi connectivity index (χ0) is 31.8. The summed E-state index contributed by atoms with van der Waals surface area (Å²) in [5.41, 5.74) is 2.92. The summed E-state index contributed by atoms with van der Waals surface area (Å²) in [6.45, 7) is 5.05. The monoisotopic (exact) mass is 632 g/mol. The average Bonchev–Trinajstić information content (AvgIpc) is 3.30. The van der Waals surface area contributed by atoms with Crippen LogP contribution in [0.3, 0.4) is 0 Å². The molecule has 4 rings (SSSR count). The molecule has 230 valence electrons. The maximum Gasteiger partial charge on any atom is 0.270 e.